The Morgan fingerprint density at radius 1 is 1.22 bits per heavy atom. The number of pyridine rings is 1. The monoisotopic (exact) mass is 494 g/mol. The highest BCUT2D eigenvalue weighted by Crippen LogP contribution is 2.25. The van der Waals surface area contributed by atoms with Crippen molar-refractivity contribution in [3.05, 3.63) is 54.4 Å². The number of hydrogen-bond acceptors (Lipinski definition) is 3. The molecule has 148 valence electrons. The molecule has 0 saturated heterocycles. The molecular weight excluding hydrogens is 472 g/mol. The highest BCUT2D eigenvalue weighted by molar-refractivity contribution is 14.0. The van der Waals surface area contributed by atoms with Crippen molar-refractivity contribution in [3.8, 4) is 5.75 Å². The van der Waals surface area contributed by atoms with Crippen LogP contribution in [-0.4, -0.2) is 23.9 Å². The molecule has 5 nitrogen and oxygen atoms in total. The maximum atomic E-state index is 12.2. The van der Waals surface area contributed by atoms with E-state index in [0.29, 0.717) is 18.2 Å². The first kappa shape index (κ1) is 23.0. The molecule has 0 saturated carbocycles. The number of anilines is 1. The molecule has 0 radical (unpaired) electrons. The number of aromatic nitrogens is 1. The van der Waals surface area contributed by atoms with E-state index in [2.05, 4.69) is 33.9 Å². The molecule has 0 fully saturated rings. The Bertz CT molecular complexity index is 722. The van der Waals surface area contributed by atoms with E-state index in [1.165, 1.54) is 24.3 Å². The van der Waals surface area contributed by atoms with Gasteiger partial charge in [0.1, 0.15) is 5.75 Å². The van der Waals surface area contributed by atoms with Crippen molar-refractivity contribution in [2.75, 3.05) is 11.9 Å². The topological polar surface area (TPSA) is 72.5 Å². The average Bonchev–Trinajstić information content (AvgIpc) is 2.56. The third kappa shape index (κ3) is 8.02. The van der Waals surface area contributed by atoms with Crippen molar-refractivity contribution in [2.24, 2.45) is 16.6 Å². The molecule has 0 bridgehead atoms. The molecule has 9 heteroatoms. The molecule has 1 aromatic heterocycles. The zero-order valence-electron chi connectivity index (χ0n) is 14.9. The Kier molecular flexibility index (Phi) is 8.80. The number of alkyl halides is 3. The molecule has 27 heavy (non-hydrogen) atoms. The van der Waals surface area contributed by atoms with E-state index in [0.717, 1.165) is 5.56 Å². The molecule has 2 aromatic rings. The van der Waals surface area contributed by atoms with Gasteiger partial charge in [0.05, 0.1) is 0 Å². The summed E-state index contributed by atoms with van der Waals surface area (Å²) in [4.78, 5) is 8.47. The number of guanidine groups is 1. The number of nitrogens with zero attached hydrogens (tertiary/aromatic N) is 2. The van der Waals surface area contributed by atoms with Crippen LogP contribution in [0.3, 0.4) is 0 Å². The summed E-state index contributed by atoms with van der Waals surface area (Å²) in [5, 5.41) is 2.85. The number of ether oxygens (including phenoxy) is 1. The fraction of sp³-hybridized carbons (Fsp3) is 0.333. The maximum absolute atomic E-state index is 12.2. The second-order valence-corrected chi connectivity index (χ2v) is 6.06. The Morgan fingerprint density at radius 2 is 1.89 bits per heavy atom. The molecule has 2 rings (SSSR count). The largest absolute Gasteiger partial charge is 0.573 e. The van der Waals surface area contributed by atoms with Gasteiger partial charge in [-0.15, -0.1) is 37.1 Å². The minimum absolute atomic E-state index is 0. The number of nitrogens with two attached hydrogens (primary N) is 1. The van der Waals surface area contributed by atoms with Crippen LogP contribution < -0.4 is 15.8 Å². The van der Waals surface area contributed by atoms with Gasteiger partial charge >= 0.3 is 6.36 Å². The minimum atomic E-state index is -4.71. The van der Waals surface area contributed by atoms with Crippen molar-refractivity contribution in [1.82, 2.24) is 4.98 Å². The highest BCUT2D eigenvalue weighted by Gasteiger charge is 2.30. The van der Waals surface area contributed by atoms with Gasteiger partial charge in [0.15, 0.2) is 5.96 Å². The van der Waals surface area contributed by atoms with Crippen LogP contribution in [-0.2, 0) is 0 Å². The molecule has 0 spiro atoms. The van der Waals surface area contributed by atoms with E-state index in [1.54, 1.807) is 6.20 Å². The van der Waals surface area contributed by atoms with Crippen molar-refractivity contribution in [1.29, 1.82) is 0 Å². The molecule has 0 amide bonds. The summed E-state index contributed by atoms with van der Waals surface area (Å²) in [5.41, 5.74) is 7.48. The first-order chi connectivity index (χ1) is 12.2. The Labute approximate surface area is 173 Å². The van der Waals surface area contributed by atoms with Gasteiger partial charge < -0.3 is 15.8 Å². The van der Waals surface area contributed by atoms with Crippen LogP contribution in [0.25, 0.3) is 0 Å². The zero-order chi connectivity index (χ0) is 19.2. The second-order valence-electron chi connectivity index (χ2n) is 6.06. The molecule has 1 aromatic carbocycles. The van der Waals surface area contributed by atoms with E-state index in [-0.39, 0.29) is 41.6 Å². The van der Waals surface area contributed by atoms with Gasteiger partial charge in [-0.3, -0.25) is 9.98 Å². The summed E-state index contributed by atoms with van der Waals surface area (Å²) >= 11 is 0. The summed E-state index contributed by atoms with van der Waals surface area (Å²) < 4.78 is 40.3. The Hall–Kier alpha value is -2.04. The summed E-state index contributed by atoms with van der Waals surface area (Å²) in [5.74, 6) is 0.389. The predicted molar refractivity (Wildman–Crippen MR) is 110 cm³/mol. The smallest absolute Gasteiger partial charge is 0.406 e. The lowest BCUT2D eigenvalue weighted by Crippen LogP contribution is -2.24. The fourth-order valence-corrected chi connectivity index (χ4v) is 2.42. The number of rotatable bonds is 6. The Morgan fingerprint density at radius 3 is 2.41 bits per heavy atom. The van der Waals surface area contributed by atoms with Gasteiger partial charge in [0.25, 0.3) is 0 Å². The van der Waals surface area contributed by atoms with Gasteiger partial charge in [0, 0.05) is 30.5 Å². The average molecular weight is 494 g/mol. The van der Waals surface area contributed by atoms with Crippen LogP contribution in [0.5, 0.6) is 5.75 Å². The van der Waals surface area contributed by atoms with E-state index in [4.69, 9.17) is 5.73 Å². The maximum Gasteiger partial charge on any atom is 0.573 e. The lowest BCUT2D eigenvalue weighted by atomic mass is 9.89. The minimum Gasteiger partial charge on any atom is -0.406 e. The van der Waals surface area contributed by atoms with E-state index >= 15 is 0 Å². The molecular formula is C18H22F3IN4O. The molecule has 0 aliphatic carbocycles. The van der Waals surface area contributed by atoms with Crippen LogP contribution in [0.1, 0.15) is 25.3 Å². The third-order valence-electron chi connectivity index (χ3n) is 3.74. The SMILES string of the molecule is CC(C)C(CN=C(N)Nc1ccc(OC(F)(F)F)cc1)c1cccnc1.I. The van der Waals surface area contributed by atoms with E-state index in [1.807, 2.05) is 18.3 Å². The van der Waals surface area contributed by atoms with Gasteiger partial charge in [0.2, 0.25) is 0 Å². The van der Waals surface area contributed by atoms with Crippen molar-refractivity contribution < 1.29 is 17.9 Å². The third-order valence-corrected chi connectivity index (χ3v) is 3.74. The van der Waals surface area contributed by atoms with Crippen LogP contribution in [0.2, 0.25) is 0 Å². The summed E-state index contributed by atoms with van der Waals surface area (Å²) in [7, 11) is 0. The molecule has 1 unspecified atom stereocenters. The van der Waals surface area contributed by atoms with Gasteiger partial charge in [-0.2, -0.15) is 0 Å². The van der Waals surface area contributed by atoms with Gasteiger partial charge in [-0.1, -0.05) is 19.9 Å². The number of halogens is 4. The van der Waals surface area contributed by atoms with Gasteiger partial charge in [-0.25, -0.2) is 0 Å². The van der Waals surface area contributed by atoms with Crippen LogP contribution >= 0.6 is 24.0 Å². The second kappa shape index (κ2) is 10.3. The quantitative estimate of drug-likeness (QED) is 0.345. The number of benzene rings is 1. The van der Waals surface area contributed by atoms with E-state index in [9.17, 15) is 13.2 Å². The first-order valence-electron chi connectivity index (χ1n) is 8.07. The standard InChI is InChI=1S/C18H21F3N4O.HI/c1-12(2)16(13-4-3-9-23-10-13)11-24-17(22)25-14-5-7-15(8-6-14)26-18(19,20)21;/h3-10,12,16H,11H2,1-2H3,(H3,22,24,25);1H. The highest BCUT2D eigenvalue weighted by atomic mass is 127. The van der Waals surface area contributed by atoms with Crippen LogP contribution in [0, 0.1) is 5.92 Å². The molecule has 1 atom stereocenters. The predicted octanol–water partition coefficient (Wildman–Crippen LogP) is 4.76. The molecule has 0 aliphatic heterocycles. The lowest BCUT2D eigenvalue weighted by molar-refractivity contribution is -0.274. The van der Waals surface area contributed by atoms with Crippen molar-refractivity contribution >= 4 is 35.6 Å². The number of hydrogen-bond donors (Lipinski definition) is 2. The zero-order valence-corrected chi connectivity index (χ0v) is 17.2. The van der Waals surface area contributed by atoms with Crippen molar-refractivity contribution in [3.63, 3.8) is 0 Å². The summed E-state index contributed by atoms with van der Waals surface area (Å²) in [6, 6.07) is 9.15. The Balaban J connectivity index is 0.00000364. The summed E-state index contributed by atoms with van der Waals surface area (Å²) in [6.45, 7) is 4.66. The molecule has 1 heterocycles. The normalized spacial score (nSPS) is 13.0. The fourth-order valence-electron chi connectivity index (χ4n) is 2.42. The van der Waals surface area contributed by atoms with E-state index < -0.39 is 6.36 Å². The summed E-state index contributed by atoms with van der Waals surface area (Å²) in [6.07, 6.45) is -1.19. The van der Waals surface area contributed by atoms with Crippen molar-refractivity contribution in [2.45, 2.75) is 26.1 Å². The lowest BCUT2D eigenvalue weighted by Gasteiger charge is -2.19. The van der Waals surface area contributed by atoms with Crippen LogP contribution in [0.4, 0.5) is 18.9 Å². The molecule has 0 aliphatic rings. The van der Waals surface area contributed by atoms with Gasteiger partial charge in [-0.05, 0) is 41.8 Å². The molecule has 3 N–H and O–H groups in total. The number of aliphatic imine (C=N–C) groups is 1. The first-order valence-corrected chi connectivity index (χ1v) is 8.07. The van der Waals surface area contributed by atoms with Crippen LogP contribution in [0.15, 0.2) is 53.8 Å². The number of nitrogens with one attached hydrogen (secondary N) is 1.